The van der Waals surface area contributed by atoms with E-state index in [1.165, 1.54) is 41.2 Å². The normalized spacial score (nSPS) is 12.7. The van der Waals surface area contributed by atoms with Crippen molar-refractivity contribution in [3.05, 3.63) is 59.6 Å². The van der Waals surface area contributed by atoms with Gasteiger partial charge in [0.15, 0.2) is 0 Å². The quantitative estimate of drug-likeness (QED) is 0.137. The fourth-order valence-corrected chi connectivity index (χ4v) is 7.37. The molecule has 13 nitrogen and oxygen atoms in total. The summed E-state index contributed by atoms with van der Waals surface area (Å²) in [5.41, 5.74) is 4.02. The zero-order valence-corrected chi connectivity index (χ0v) is 34.4. The molecule has 0 saturated carbocycles. The predicted molar refractivity (Wildman–Crippen MR) is 222 cm³/mol. The zero-order chi connectivity index (χ0) is 40.0. The molecule has 0 bridgehead atoms. The number of fused-ring (bicyclic) bond motifs is 2. The van der Waals surface area contributed by atoms with Gasteiger partial charge in [0, 0.05) is 48.1 Å². The number of aromatic amines is 2. The van der Waals surface area contributed by atoms with Gasteiger partial charge in [0.1, 0.15) is 6.54 Å². The zero-order valence-electron chi connectivity index (χ0n) is 32.8. The van der Waals surface area contributed by atoms with Crippen molar-refractivity contribution in [1.29, 1.82) is 0 Å². The van der Waals surface area contributed by atoms with Crippen molar-refractivity contribution < 1.29 is 23.9 Å². The van der Waals surface area contributed by atoms with Crippen molar-refractivity contribution in [3.8, 4) is 22.4 Å². The summed E-state index contributed by atoms with van der Waals surface area (Å²) in [6, 6.07) is 10.4. The number of H-pyrrole nitrogens is 2. The number of aromatic nitrogens is 4. The van der Waals surface area contributed by atoms with Gasteiger partial charge in [0.25, 0.3) is 0 Å². The number of benzene rings is 1. The van der Waals surface area contributed by atoms with E-state index in [9.17, 15) is 19.2 Å². The maximum Gasteiger partial charge on any atom is 0.407 e. The van der Waals surface area contributed by atoms with E-state index in [-0.39, 0.29) is 30.8 Å². The Morgan fingerprint density at radius 3 is 1.95 bits per heavy atom. The Morgan fingerprint density at radius 1 is 0.800 bits per heavy atom. The minimum Gasteiger partial charge on any atom is -0.453 e. The minimum absolute atomic E-state index is 0.0303. The molecule has 2 aliphatic heterocycles. The second kappa shape index (κ2) is 24.3. The third-order valence-corrected chi connectivity index (χ3v) is 9.94. The Bertz CT molecular complexity index is 1940. The van der Waals surface area contributed by atoms with Gasteiger partial charge in [-0.1, -0.05) is 52.4 Å². The summed E-state index contributed by atoms with van der Waals surface area (Å²) in [7, 11) is 1.27. The van der Waals surface area contributed by atoms with E-state index in [4.69, 9.17) is 0 Å². The highest BCUT2D eigenvalue weighted by molar-refractivity contribution is 7.29. The number of ether oxygens (including phenoxy) is 1. The third kappa shape index (κ3) is 15.2. The van der Waals surface area contributed by atoms with Crippen molar-refractivity contribution in [3.63, 3.8) is 0 Å². The van der Waals surface area contributed by atoms with E-state index < -0.39 is 6.09 Å². The van der Waals surface area contributed by atoms with Crippen molar-refractivity contribution in [2.75, 3.05) is 46.4 Å². The molecule has 296 valence electrons. The Hall–Kier alpha value is -5.20. The molecule has 5 aromatic rings. The molecule has 0 aliphatic carbocycles. The van der Waals surface area contributed by atoms with Gasteiger partial charge in [-0.3, -0.25) is 14.4 Å². The molecule has 1 aromatic carbocycles. The molecule has 2 aliphatic rings. The average molecular weight is 791 g/mol. The molecular weight excluding hydrogens is 737 g/mol. The van der Waals surface area contributed by atoms with Gasteiger partial charge in [-0.05, 0) is 56.0 Å². The Kier molecular flexibility index (Phi) is 19.5. The first kappa shape index (κ1) is 44.2. The summed E-state index contributed by atoms with van der Waals surface area (Å²) in [6.07, 6.45) is 11.5. The average Bonchev–Trinajstić information content (AvgIpc) is 4.03. The van der Waals surface area contributed by atoms with Crippen LogP contribution in [0.3, 0.4) is 0 Å². The highest BCUT2D eigenvalue weighted by atomic mass is 32.1. The molecule has 0 radical (unpaired) electrons. The third-order valence-electron chi connectivity index (χ3n) is 7.70. The highest BCUT2D eigenvalue weighted by Gasteiger charge is 2.18. The highest BCUT2D eigenvalue weighted by Crippen LogP contribution is 2.37. The topological polar surface area (TPSA) is 165 Å². The van der Waals surface area contributed by atoms with E-state index in [2.05, 4.69) is 87.0 Å². The number of carbonyl (C=O) groups is 4. The summed E-state index contributed by atoms with van der Waals surface area (Å²) in [4.78, 5) is 64.1. The largest absolute Gasteiger partial charge is 0.453 e. The molecule has 0 spiro atoms. The molecule has 55 heavy (non-hydrogen) atoms. The lowest BCUT2D eigenvalue weighted by molar-refractivity contribution is -0.131. The molecule has 6 heterocycles. The number of nitrogens with one attached hydrogen (secondary N) is 4. The standard InChI is InChI=1S/C18H10N4S2.C8H14N2O3.C8H14N2O2.2C3H8/c1(11-2-4-13-14(5-11)22-10-21-13)3-12-6-17-18(23-12)7-16(24-17)15-8-19-9-20-15;1-13-8(12)9-6-7(11)10-4-2-3-5-10;1-7(11)9-6-8(12)10-4-2-3-5-10;2*1-3-2/h2,4-10H,(H,19,20)(H,21,22);2-6H2,1H3,(H,9,12);2-6H2,1H3,(H,9,11);2*3H2,1-2H3. The fraction of sp³-hybridized carbons (Fsp3) is 0.450. The minimum atomic E-state index is -0.562. The number of rotatable bonds is 5. The van der Waals surface area contributed by atoms with Crippen molar-refractivity contribution in [2.45, 2.75) is 73.1 Å². The summed E-state index contributed by atoms with van der Waals surface area (Å²) >= 11 is 3.48. The number of nitrogens with zero attached hydrogens (tertiary/aromatic N) is 4. The molecule has 0 unspecified atom stereocenters. The first-order valence-corrected chi connectivity index (χ1v) is 20.3. The van der Waals surface area contributed by atoms with Crippen LogP contribution in [0.5, 0.6) is 0 Å². The fourth-order valence-electron chi connectivity index (χ4n) is 5.14. The Morgan fingerprint density at radius 2 is 1.40 bits per heavy atom. The van der Waals surface area contributed by atoms with Crippen LogP contribution in [0.4, 0.5) is 4.79 Å². The van der Waals surface area contributed by atoms with Crippen LogP contribution in [0.2, 0.25) is 0 Å². The summed E-state index contributed by atoms with van der Waals surface area (Å²) in [6.45, 7) is 13.4. The molecule has 7 rings (SSSR count). The van der Waals surface area contributed by atoms with Crippen molar-refractivity contribution in [1.82, 2.24) is 40.4 Å². The van der Waals surface area contributed by atoms with Gasteiger partial charge >= 0.3 is 6.09 Å². The van der Waals surface area contributed by atoms with Gasteiger partial charge in [0.2, 0.25) is 17.7 Å². The second-order valence-corrected chi connectivity index (χ2v) is 14.8. The molecule has 4 aromatic heterocycles. The molecule has 4 amide bonds. The molecule has 4 N–H and O–H groups in total. The summed E-state index contributed by atoms with van der Waals surface area (Å²) in [5, 5.41) is 4.85. The van der Waals surface area contributed by atoms with Gasteiger partial charge in [-0.15, -0.1) is 22.7 Å². The van der Waals surface area contributed by atoms with Crippen LogP contribution in [0.25, 0.3) is 31.0 Å². The lowest BCUT2D eigenvalue weighted by atomic mass is 10.2. The maximum absolute atomic E-state index is 11.3. The van der Waals surface area contributed by atoms with E-state index >= 15 is 0 Å². The number of alkyl carbamates (subject to hydrolysis) is 1. The van der Waals surface area contributed by atoms with Crippen molar-refractivity contribution in [2.24, 2.45) is 0 Å². The molecule has 2 saturated heterocycles. The SMILES string of the molecule is C(#Cc1cc2sc(-c3cnc[nH]3)cc2s1)c1ccc2nc[nH]c2c1.CC(=O)NCC(=O)N1CCCC1.CCC.CCC.COC(=O)NCC(=O)N1CCCC1. The van der Waals surface area contributed by atoms with E-state index in [1.807, 2.05) is 24.4 Å². The molecule has 2 fully saturated rings. The number of hydrogen-bond acceptors (Lipinski definition) is 9. The lowest BCUT2D eigenvalue weighted by Crippen LogP contribution is -2.38. The Balaban J connectivity index is 0.000000224. The van der Waals surface area contributed by atoms with Crippen LogP contribution in [0, 0.1) is 11.8 Å². The van der Waals surface area contributed by atoms with Crippen LogP contribution >= 0.6 is 22.7 Å². The predicted octanol–water partition coefficient (Wildman–Crippen LogP) is 7.17. The second-order valence-electron chi connectivity index (χ2n) is 12.6. The molecular formula is C40H54N8O5S2. The first-order valence-electron chi connectivity index (χ1n) is 18.7. The number of imidazole rings is 2. The van der Waals surface area contributed by atoms with Crippen LogP contribution in [-0.4, -0.2) is 99.9 Å². The van der Waals surface area contributed by atoms with Crippen molar-refractivity contribution >= 4 is 66.9 Å². The Labute approximate surface area is 331 Å². The maximum atomic E-state index is 11.3. The monoisotopic (exact) mass is 790 g/mol. The van der Waals surface area contributed by atoms with Gasteiger partial charge in [0.05, 0.1) is 59.0 Å². The number of amides is 4. The van der Waals surface area contributed by atoms with Gasteiger partial charge in [-0.25, -0.2) is 14.8 Å². The summed E-state index contributed by atoms with van der Waals surface area (Å²) < 4.78 is 6.87. The first-order chi connectivity index (χ1) is 26.6. The molecule has 0 atom stereocenters. The summed E-state index contributed by atoms with van der Waals surface area (Å²) in [5.74, 6) is 6.35. The number of thiophene rings is 2. The van der Waals surface area contributed by atoms with Crippen LogP contribution in [0.1, 0.15) is 83.6 Å². The number of hydrogen-bond donors (Lipinski definition) is 4. The number of likely N-dealkylation sites (tertiary alicyclic amines) is 2. The van der Waals surface area contributed by atoms with E-state index in [0.29, 0.717) is 0 Å². The van der Waals surface area contributed by atoms with E-state index in [0.717, 1.165) is 79.0 Å². The van der Waals surface area contributed by atoms with Crippen LogP contribution in [-0.2, 0) is 19.1 Å². The molecule has 15 heteroatoms. The van der Waals surface area contributed by atoms with E-state index in [1.54, 1.807) is 45.1 Å². The van der Waals surface area contributed by atoms with Crippen LogP contribution < -0.4 is 10.6 Å². The van der Waals surface area contributed by atoms with Gasteiger partial charge < -0.3 is 35.1 Å². The smallest absolute Gasteiger partial charge is 0.407 e. The number of methoxy groups -OCH3 is 1. The van der Waals surface area contributed by atoms with Gasteiger partial charge in [-0.2, -0.15) is 0 Å². The number of carbonyl (C=O) groups excluding carboxylic acids is 4. The van der Waals surface area contributed by atoms with Crippen LogP contribution in [0.15, 0.2) is 49.2 Å². The lowest BCUT2D eigenvalue weighted by Gasteiger charge is -2.14.